The van der Waals surface area contributed by atoms with Crippen LogP contribution in [0.5, 0.6) is 0 Å². The van der Waals surface area contributed by atoms with Gasteiger partial charge in [-0.1, -0.05) is 76.6 Å². The summed E-state index contributed by atoms with van der Waals surface area (Å²) in [7, 11) is 0. The zero-order valence-electron chi connectivity index (χ0n) is 20.9. The molecule has 3 aliphatic carbocycles. The summed E-state index contributed by atoms with van der Waals surface area (Å²) in [4.78, 5) is 53.9. The number of amides is 3. The molecule has 3 amide bonds. The van der Waals surface area contributed by atoms with Crippen molar-refractivity contribution in [2.45, 2.75) is 10.2 Å². The SMILES string of the molecule is O=C(O)c1cccc(NC(=O)c2cccc(N3C(=O)[C@@H]4C5c6ccccc6C(Br)(c6ccccc65)[C@H]4C3=O)c2)c1. The van der Waals surface area contributed by atoms with E-state index in [4.69, 9.17) is 0 Å². The van der Waals surface area contributed by atoms with Gasteiger partial charge in [0.15, 0.2) is 0 Å². The number of hydrogen-bond donors (Lipinski definition) is 2. The third kappa shape index (κ3) is 3.29. The second kappa shape index (κ2) is 8.72. The van der Waals surface area contributed by atoms with E-state index in [1.165, 1.54) is 23.1 Å². The highest BCUT2D eigenvalue weighted by molar-refractivity contribution is 9.09. The normalized spacial score (nSPS) is 23.8. The molecule has 2 N–H and O–H groups in total. The zero-order chi connectivity index (χ0) is 27.8. The van der Waals surface area contributed by atoms with Gasteiger partial charge in [-0.05, 0) is 58.7 Å². The predicted molar refractivity (Wildman–Crippen MR) is 152 cm³/mol. The van der Waals surface area contributed by atoms with Crippen molar-refractivity contribution >= 4 is 51.0 Å². The average molecular weight is 593 g/mol. The summed E-state index contributed by atoms with van der Waals surface area (Å²) in [5.41, 5.74) is 5.00. The third-order valence-electron chi connectivity index (χ3n) is 8.25. The van der Waals surface area contributed by atoms with E-state index in [9.17, 15) is 24.3 Å². The van der Waals surface area contributed by atoms with Crippen molar-refractivity contribution in [3.63, 3.8) is 0 Å². The molecule has 4 aliphatic rings. The number of carboxylic acid groups (broad SMARTS) is 1. The van der Waals surface area contributed by atoms with Crippen LogP contribution in [-0.2, 0) is 13.9 Å². The van der Waals surface area contributed by atoms with E-state index >= 15 is 0 Å². The molecule has 8 heteroatoms. The van der Waals surface area contributed by atoms with Gasteiger partial charge in [-0.25, -0.2) is 9.69 Å². The summed E-state index contributed by atoms with van der Waals surface area (Å²) in [6.45, 7) is 0. The number of imide groups is 1. The Balaban J connectivity index is 1.26. The Labute approximate surface area is 237 Å². The van der Waals surface area contributed by atoms with Gasteiger partial charge in [0.05, 0.1) is 27.4 Å². The molecular formula is C32H21BrN2O5. The van der Waals surface area contributed by atoms with Crippen LogP contribution in [0.2, 0.25) is 0 Å². The highest BCUT2D eigenvalue weighted by Gasteiger charge is 2.67. The van der Waals surface area contributed by atoms with E-state index < -0.39 is 28.0 Å². The molecule has 0 aromatic heterocycles. The van der Waals surface area contributed by atoms with Crippen LogP contribution in [0.15, 0.2) is 97.1 Å². The van der Waals surface area contributed by atoms with Gasteiger partial charge >= 0.3 is 5.97 Å². The molecule has 2 bridgehead atoms. The smallest absolute Gasteiger partial charge is 0.335 e. The van der Waals surface area contributed by atoms with Gasteiger partial charge in [0.25, 0.3) is 5.91 Å². The minimum Gasteiger partial charge on any atom is -0.478 e. The summed E-state index contributed by atoms with van der Waals surface area (Å²) in [6, 6.07) is 28.2. The number of carbonyl (C=O) groups is 4. The summed E-state index contributed by atoms with van der Waals surface area (Å²) in [5.74, 6) is -3.69. The number of hydrogen-bond acceptors (Lipinski definition) is 4. The molecule has 4 aromatic carbocycles. The molecule has 7 nitrogen and oxygen atoms in total. The molecule has 0 spiro atoms. The number of benzene rings is 4. The van der Waals surface area contributed by atoms with E-state index in [1.54, 1.807) is 30.3 Å². The molecule has 0 saturated carbocycles. The number of aromatic carboxylic acids is 1. The first-order valence-electron chi connectivity index (χ1n) is 12.8. The lowest BCUT2D eigenvalue weighted by molar-refractivity contribution is -0.122. The second-order valence-electron chi connectivity index (χ2n) is 10.3. The third-order valence-corrected chi connectivity index (χ3v) is 9.60. The van der Waals surface area contributed by atoms with Crippen LogP contribution in [-0.4, -0.2) is 28.8 Å². The lowest BCUT2D eigenvalue weighted by Gasteiger charge is -2.51. The Morgan fingerprint density at radius 2 is 1.40 bits per heavy atom. The van der Waals surface area contributed by atoms with Crippen molar-refractivity contribution in [2.75, 3.05) is 10.2 Å². The number of carbonyl (C=O) groups excluding carboxylic acids is 3. The Morgan fingerprint density at radius 1 is 0.775 bits per heavy atom. The lowest BCUT2D eigenvalue weighted by Crippen LogP contribution is -2.50. The van der Waals surface area contributed by atoms with Crippen LogP contribution >= 0.6 is 15.9 Å². The summed E-state index contributed by atoms with van der Waals surface area (Å²) in [6.07, 6.45) is 0. The number of anilines is 2. The van der Waals surface area contributed by atoms with Gasteiger partial charge in [0, 0.05) is 17.2 Å². The molecule has 0 radical (unpaired) electrons. The fourth-order valence-corrected chi connectivity index (χ4v) is 7.86. The summed E-state index contributed by atoms with van der Waals surface area (Å²) < 4.78 is -0.856. The van der Waals surface area contributed by atoms with Gasteiger partial charge in [0.2, 0.25) is 11.8 Å². The van der Waals surface area contributed by atoms with Crippen LogP contribution < -0.4 is 10.2 Å². The maximum absolute atomic E-state index is 14.2. The Bertz CT molecular complexity index is 1740. The van der Waals surface area contributed by atoms with E-state index in [2.05, 4.69) is 21.2 Å². The van der Waals surface area contributed by atoms with Crippen LogP contribution in [0.1, 0.15) is 48.9 Å². The molecule has 2 atom stereocenters. The van der Waals surface area contributed by atoms with Crippen molar-refractivity contribution in [1.29, 1.82) is 0 Å². The maximum atomic E-state index is 14.2. The van der Waals surface area contributed by atoms with Crippen molar-refractivity contribution < 1.29 is 24.3 Å². The lowest BCUT2D eigenvalue weighted by atomic mass is 9.55. The topological polar surface area (TPSA) is 104 Å². The molecule has 1 saturated heterocycles. The van der Waals surface area contributed by atoms with Crippen molar-refractivity contribution in [2.24, 2.45) is 11.8 Å². The molecular weight excluding hydrogens is 572 g/mol. The molecule has 1 heterocycles. The van der Waals surface area contributed by atoms with Crippen LogP contribution in [0.25, 0.3) is 0 Å². The predicted octanol–water partition coefficient (Wildman–Crippen LogP) is 5.54. The van der Waals surface area contributed by atoms with E-state index in [0.717, 1.165) is 22.3 Å². The molecule has 0 unspecified atom stereocenters. The quantitative estimate of drug-likeness (QED) is 0.239. The largest absolute Gasteiger partial charge is 0.478 e. The van der Waals surface area contributed by atoms with Gasteiger partial charge in [-0.15, -0.1) is 0 Å². The first-order valence-corrected chi connectivity index (χ1v) is 13.6. The number of rotatable bonds is 4. The molecule has 1 aliphatic heterocycles. The van der Waals surface area contributed by atoms with Crippen LogP contribution in [0.4, 0.5) is 11.4 Å². The number of nitrogens with zero attached hydrogens (tertiary/aromatic N) is 1. The number of halogens is 1. The Kier molecular flexibility index (Phi) is 5.34. The summed E-state index contributed by atoms with van der Waals surface area (Å²) in [5, 5.41) is 11.9. The fraction of sp³-hybridized carbons (Fsp3) is 0.125. The van der Waals surface area contributed by atoms with Crippen molar-refractivity contribution in [1.82, 2.24) is 0 Å². The van der Waals surface area contributed by atoms with Crippen LogP contribution in [0.3, 0.4) is 0 Å². The minimum atomic E-state index is -1.10. The van der Waals surface area contributed by atoms with E-state index in [0.29, 0.717) is 11.4 Å². The molecule has 1 fully saturated rings. The monoisotopic (exact) mass is 592 g/mol. The number of alkyl halides is 1. The Morgan fingerprint density at radius 3 is 2.08 bits per heavy atom. The second-order valence-corrected chi connectivity index (χ2v) is 11.5. The highest BCUT2D eigenvalue weighted by Crippen LogP contribution is 2.66. The average Bonchev–Trinajstić information content (AvgIpc) is 3.24. The number of nitrogens with one attached hydrogen (secondary N) is 1. The van der Waals surface area contributed by atoms with Gasteiger partial charge in [0.1, 0.15) is 0 Å². The highest BCUT2D eigenvalue weighted by atomic mass is 79.9. The van der Waals surface area contributed by atoms with Gasteiger partial charge < -0.3 is 10.4 Å². The molecule has 196 valence electrons. The number of carboxylic acids is 1. The standard InChI is InChI=1S/C32H21BrN2O5/c33-32-23-13-3-1-11-21(23)25(22-12-2-4-14-24(22)32)26-27(32)30(38)35(29(26)37)20-10-6-7-17(16-20)28(36)34-19-9-5-8-18(15-19)31(39)40/h1-16,25-27H,(H,34,36)(H,39,40)/t25?,26-,27-,32?/m1/s1. The van der Waals surface area contributed by atoms with Crippen LogP contribution in [0, 0.1) is 11.8 Å². The fourth-order valence-electron chi connectivity index (χ4n) is 6.65. The molecule has 4 aromatic rings. The van der Waals surface area contributed by atoms with Gasteiger partial charge in [-0.3, -0.25) is 14.4 Å². The zero-order valence-corrected chi connectivity index (χ0v) is 22.5. The first-order chi connectivity index (χ1) is 19.3. The maximum Gasteiger partial charge on any atom is 0.335 e. The van der Waals surface area contributed by atoms with Crippen molar-refractivity contribution in [3.8, 4) is 0 Å². The van der Waals surface area contributed by atoms with Crippen molar-refractivity contribution in [3.05, 3.63) is 130 Å². The van der Waals surface area contributed by atoms with E-state index in [-0.39, 0.29) is 28.9 Å². The first kappa shape index (κ1) is 24.5. The minimum absolute atomic E-state index is 0.0442. The van der Waals surface area contributed by atoms with E-state index in [1.807, 2.05) is 48.5 Å². The Hall–Kier alpha value is -4.56. The summed E-state index contributed by atoms with van der Waals surface area (Å²) >= 11 is 3.99. The molecule has 8 rings (SSSR count). The molecule has 40 heavy (non-hydrogen) atoms. The van der Waals surface area contributed by atoms with Gasteiger partial charge in [-0.2, -0.15) is 0 Å².